The Hall–Kier alpha value is -1.10. The van der Waals surface area contributed by atoms with Gasteiger partial charge in [-0.25, -0.2) is 0 Å². The Kier molecular flexibility index (Phi) is 7.93. The van der Waals surface area contributed by atoms with Gasteiger partial charge in [-0.3, -0.25) is 9.59 Å². The minimum absolute atomic E-state index is 0.0917. The minimum atomic E-state index is -0.172. The van der Waals surface area contributed by atoms with Crippen molar-refractivity contribution >= 4 is 12.4 Å². The molecule has 0 aliphatic rings. The summed E-state index contributed by atoms with van der Waals surface area (Å²) in [6.45, 7) is 15.6. The molecular weight excluding hydrogens is 268 g/mol. The Morgan fingerprint density at radius 3 is 2.24 bits per heavy atom. The fourth-order valence-electron chi connectivity index (χ4n) is 1.74. The Balaban J connectivity index is 4.09. The van der Waals surface area contributed by atoms with Crippen LogP contribution in [0.25, 0.3) is 0 Å². The number of amides is 1. The normalized spacial score (nSPS) is 12.4. The molecule has 0 aromatic heterocycles. The van der Waals surface area contributed by atoms with Gasteiger partial charge in [-0.05, 0) is 41.0 Å². The van der Waals surface area contributed by atoms with E-state index in [1.54, 1.807) is 4.90 Å². The van der Waals surface area contributed by atoms with Gasteiger partial charge >= 0.3 is 5.97 Å². The van der Waals surface area contributed by atoms with Crippen LogP contribution in [0.4, 0.5) is 0 Å². The first kappa shape index (κ1) is 19.9. The van der Waals surface area contributed by atoms with E-state index >= 15 is 0 Å². The third-order valence-corrected chi connectivity index (χ3v) is 3.39. The number of hydrogen-bond acceptors (Lipinski definition) is 4. The molecule has 5 heteroatoms. The van der Waals surface area contributed by atoms with Crippen molar-refractivity contribution in [3.8, 4) is 0 Å². The van der Waals surface area contributed by atoms with Gasteiger partial charge in [-0.1, -0.05) is 13.8 Å². The second kappa shape index (κ2) is 8.37. The Bertz CT molecular complexity index is 333. The Morgan fingerprint density at radius 2 is 1.81 bits per heavy atom. The van der Waals surface area contributed by atoms with Crippen LogP contribution in [0.1, 0.15) is 54.9 Å². The summed E-state index contributed by atoms with van der Waals surface area (Å²) in [5, 5.41) is 3.36. The van der Waals surface area contributed by atoms with Gasteiger partial charge in [0.15, 0.2) is 0 Å². The largest absolute Gasteiger partial charge is 0.464 e. The number of esters is 1. The number of hydrogen-bond donors (Lipinski definition) is 1. The first-order chi connectivity index (χ1) is 9.49. The standard InChI is InChI=1S/C16H32N2O3/c1-13(2)14(20)21-11-9-17-16(6,7)8-10-18(12-19)15(3,4)5/h12-13,17H,8-11H2,1-7H3. The van der Waals surface area contributed by atoms with Gasteiger partial charge in [0.2, 0.25) is 6.41 Å². The second-order valence-corrected chi connectivity index (χ2v) is 7.35. The fourth-order valence-corrected chi connectivity index (χ4v) is 1.74. The van der Waals surface area contributed by atoms with Crippen molar-refractivity contribution in [1.29, 1.82) is 0 Å². The van der Waals surface area contributed by atoms with Gasteiger partial charge < -0.3 is 15.0 Å². The van der Waals surface area contributed by atoms with Crippen molar-refractivity contribution in [3.63, 3.8) is 0 Å². The monoisotopic (exact) mass is 300 g/mol. The lowest BCUT2D eigenvalue weighted by molar-refractivity contribution is -0.147. The second-order valence-electron chi connectivity index (χ2n) is 7.35. The molecule has 0 bridgehead atoms. The highest BCUT2D eigenvalue weighted by atomic mass is 16.5. The molecule has 21 heavy (non-hydrogen) atoms. The summed E-state index contributed by atoms with van der Waals surface area (Å²) in [7, 11) is 0. The predicted molar refractivity (Wildman–Crippen MR) is 85.0 cm³/mol. The van der Waals surface area contributed by atoms with Gasteiger partial charge in [-0.2, -0.15) is 0 Å². The lowest BCUT2D eigenvalue weighted by Crippen LogP contribution is -2.47. The van der Waals surface area contributed by atoms with E-state index in [9.17, 15) is 9.59 Å². The number of carbonyl (C=O) groups is 2. The van der Waals surface area contributed by atoms with Crippen molar-refractivity contribution in [3.05, 3.63) is 0 Å². The molecule has 1 N–H and O–H groups in total. The van der Waals surface area contributed by atoms with Crippen molar-refractivity contribution in [2.24, 2.45) is 5.92 Å². The molecule has 0 fully saturated rings. The first-order valence-corrected chi connectivity index (χ1v) is 7.63. The summed E-state index contributed by atoms with van der Waals surface area (Å²) in [6.07, 6.45) is 1.74. The van der Waals surface area contributed by atoms with Crippen LogP contribution in [-0.4, -0.2) is 48.1 Å². The average molecular weight is 300 g/mol. The molecule has 124 valence electrons. The highest BCUT2D eigenvalue weighted by molar-refractivity contribution is 5.71. The Morgan fingerprint density at radius 1 is 1.24 bits per heavy atom. The lowest BCUT2D eigenvalue weighted by atomic mass is 9.98. The number of rotatable bonds is 9. The first-order valence-electron chi connectivity index (χ1n) is 7.63. The quantitative estimate of drug-likeness (QED) is 0.403. The van der Waals surface area contributed by atoms with Crippen LogP contribution < -0.4 is 5.32 Å². The predicted octanol–water partition coefficient (Wildman–Crippen LogP) is 2.20. The zero-order valence-electron chi connectivity index (χ0n) is 14.7. The van der Waals surface area contributed by atoms with E-state index in [-0.39, 0.29) is 23.0 Å². The summed E-state index contributed by atoms with van der Waals surface area (Å²) < 4.78 is 5.13. The molecule has 0 radical (unpaired) electrons. The van der Waals surface area contributed by atoms with E-state index < -0.39 is 0 Å². The lowest BCUT2D eigenvalue weighted by Gasteiger charge is -2.35. The van der Waals surface area contributed by atoms with E-state index in [4.69, 9.17) is 4.74 Å². The van der Waals surface area contributed by atoms with E-state index in [1.165, 1.54) is 0 Å². The summed E-state index contributed by atoms with van der Waals surface area (Å²) in [5.74, 6) is -0.264. The van der Waals surface area contributed by atoms with Crippen molar-refractivity contribution in [1.82, 2.24) is 10.2 Å². The van der Waals surface area contributed by atoms with E-state index in [2.05, 4.69) is 19.2 Å². The third-order valence-electron chi connectivity index (χ3n) is 3.39. The molecule has 0 heterocycles. The smallest absolute Gasteiger partial charge is 0.308 e. The fraction of sp³-hybridized carbons (Fsp3) is 0.875. The summed E-state index contributed by atoms with van der Waals surface area (Å²) in [6, 6.07) is 0. The van der Waals surface area contributed by atoms with E-state index in [0.29, 0.717) is 19.7 Å². The van der Waals surface area contributed by atoms with Crippen LogP contribution in [0.5, 0.6) is 0 Å². The van der Waals surface area contributed by atoms with Crippen LogP contribution in [0, 0.1) is 5.92 Å². The number of carbonyl (C=O) groups excluding carboxylic acids is 2. The van der Waals surface area contributed by atoms with Crippen molar-refractivity contribution in [2.45, 2.75) is 66.0 Å². The van der Waals surface area contributed by atoms with Crippen LogP contribution in [0.3, 0.4) is 0 Å². The molecule has 0 aromatic carbocycles. The zero-order chi connectivity index (χ0) is 16.7. The molecule has 1 amide bonds. The van der Waals surface area contributed by atoms with Crippen LogP contribution in [-0.2, 0) is 14.3 Å². The molecule has 0 aliphatic heterocycles. The highest BCUT2D eigenvalue weighted by Crippen LogP contribution is 2.15. The van der Waals surface area contributed by atoms with E-state index in [1.807, 2.05) is 34.6 Å². The molecular formula is C16H32N2O3. The van der Waals surface area contributed by atoms with Crippen LogP contribution in [0.2, 0.25) is 0 Å². The van der Waals surface area contributed by atoms with Crippen LogP contribution >= 0.6 is 0 Å². The van der Waals surface area contributed by atoms with Crippen LogP contribution in [0.15, 0.2) is 0 Å². The van der Waals surface area contributed by atoms with Crippen molar-refractivity contribution in [2.75, 3.05) is 19.7 Å². The van der Waals surface area contributed by atoms with Gasteiger partial charge in [0.25, 0.3) is 0 Å². The average Bonchev–Trinajstić information content (AvgIpc) is 2.33. The SMILES string of the molecule is CC(C)C(=O)OCCNC(C)(C)CCN(C=O)C(C)(C)C. The Labute approximate surface area is 129 Å². The van der Waals surface area contributed by atoms with Gasteiger partial charge in [0.1, 0.15) is 6.61 Å². The summed E-state index contributed by atoms with van der Waals surface area (Å²) in [5.41, 5.74) is -0.276. The highest BCUT2D eigenvalue weighted by Gasteiger charge is 2.23. The summed E-state index contributed by atoms with van der Waals surface area (Å²) in [4.78, 5) is 24.3. The maximum atomic E-state index is 11.3. The topological polar surface area (TPSA) is 58.6 Å². The molecule has 0 aromatic rings. The maximum Gasteiger partial charge on any atom is 0.308 e. The van der Waals surface area contributed by atoms with Gasteiger partial charge in [0.05, 0.1) is 5.92 Å². The zero-order valence-corrected chi connectivity index (χ0v) is 14.7. The molecule has 0 saturated heterocycles. The molecule has 5 nitrogen and oxygen atoms in total. The van der Waals surface area contributed by atoms with Gasteiger partial charge in [-0.15, -0.1) is 0 Å². The third kappa shape index (κ3) is 8.71. The summed E-state index contributed by atoms with van der Waals surface area (Å²) >= 11 is 0. The molecule has 0 saturated carbocycles. The molecule has 0 rings (SSSR count). The molecule has 0 unspecified atom stereocenters. The molecule has 0 aliphatic carbocycles. The molecule has 0 spiro atoms. The minimum Gasteiger partial charge on any atom is -0.464 e. The number of nitrogens with zero attached hydrogens (tertiary/aromatic N) is 1. The maximum absolute atomic E-state index is 11.3. The van der Waals surface area contributed by atoms with E-state index in [0.717, 1.165) is 12.8 Å². The number of ether oxygens (including phenoxy) is 1. The molecule has 0 atom stereocenters. The van der Waals surface area contributed by atoms with Gasteiger partial charge in [0, 0.05) is 24.2 Å². The van der Waals surface area contributed by atoms with Crippen molar-refractivity contribution < 1.29 is 14.3 Å². The number of nitrogens with one attached hydrogen (secondary N) is 1.